The summed E-state index contributed by atoms with van der Waals surface area (Å²) in [5.41, 5.74) is 29.9. The molecule has 4 heteroatoms. The number of nitrogen functional groups attached to an aromatic ring is 4. The molecule has 0 aromatic heterocycles. The standard InChI is InChI=1S/C15H20N4/c1-8-5-3-4-6-10(8)7-11-9(2)12(16)14(18)15(19)13(11)17/h3-6H,7,16-19H2,1-2H3. The lowest BCUT2D eigenvalue weighted by Crippen LogP contribution is -2.10. The molecule has 0 aliphatic carbocycles. The van der Waals surface area contributed by atoms with Gasteiger partial charge in [0.2, 0.25) is 0 Å². The molecule has 0 saturated heterocycles. The molecule has 0 heterocycles. The number of aryl methyl sites for hydroxylation is 1. The fourth-order valence-corrected chi connectivity index (χ4v) is 2.25. The zero-order chi connectivity index (χ0) is 14.2. The first kappa shape index (κ1) is 13.1. The molecule has 0 radical (unpaired) electrons. The number of hydrogen-bond acceptors (Lipinski definition) is 4. The molecule has 0 aliphatic rings. The molecule has 8 N–H and O–H groups in total. The van der Waals surface area contributed by atoms with Gasteiger partial charge >= 0.3 is 0 Å². The first-order chi connectivity index (χ1) is 8.93. The van der Waals surface area contributed by atoms with Crippen LogP contribution in [-0.2, 0) is 6.42 Å². The first-order valence-corrected chi connectivity index (χ1v) is 6.19. The summed E-state index contributed by atoms with van der Waals surface area (Å²) < 4.78 is 0. The number of hydrogen-bond donors (Lipinski definition) is 4. The van der Waals surface area contributed by atoms with E-state index in [2.05, 4.69) is 19.1 Å². The van der Waals surface area contributed by atoms with E-state index in [9.17, 15) is 0 Å². The molecule has 19 heavy (non-hydrogen) atoms. The van der Waals surface area contributed by atoms with Gasteiger partial charge in [0.25, 0.3) is 0 Å². The Kier molecular flexibility index (Phi) is 3.25. The predicted molar refractivity (Wildman–Crippen MR) is 82.8 cm³/mol. The van der Waals surface area contributed by atoms with Crippen molar-refractivity contribution in [3.8, 4) is 0 Å². The van der Waals surface area contributed by atoms with E-state index in [0.717, 1.165) is 11.1 Å². The maximum atomic E-state index is 6.09. The van der Waals surface area contributed by atoms with Gasteiger partial charge in [-0.2, -0.15) is 0 Å². The highest BCUT2D eigenvalue weighted by Gasteiger charge is 2.15. The molecule has 0 saturated carbocycles. The summed E-state index contributed by atoms with van der Waals surface area (Å²) in [7, 11) is 0. The maximum absolute atomic E-state index is 6.09. The Labute approximate surface area is 113 Å². The summed E-state index contributed by atoms with van der Waals surface area (Å²) in [4.78, 5) is 0. The summed E-state index contributed by atoms with van der Waals surface area (Å²) in [6.45, 7) is 4.00. The lowest BCUT2D eigenvalue weighted by atomic mass is 9.93. The highest BCUT2D eigenvalue weighted by atomic mass is 14.8. The van der Waals surface area contributed by atoms with Crippen molar-refractivity contribution < 1.29 is 0 Å². The molecule has 0 unspecified atom stereocenters. The van der Waals surface area contributed by atoms with Crippen LogP contribution in [0.5, 0.6) is 0 Å². The smallest absolute Gasteiger partial charge is 0.0805 e. The van der Waals surface area contributed by atoms with Crippen LogP contribution in [0, 0.1) is 13.8 Å². The van der Waals surface area contributed by atoms with Crippen LogP contribution < -0.4 is 22.9 Å². The molecule has 4 nitrogen and oxygen atoms in total. The molecule has 2 aromatic rings. The van der Waals surface area contributed by atoms with Gasteiger partial charge in [-0.05, 0) is 36.1 Å². The van der Waals surface area contributed by atoms with Crippen molar-refractivity contribution >= 4 is 22.7 Å². The number of rotatable bonds is 2. The molecular weight excluding hydrogens is 236 g/mol. The van der Waals surface area contributed by atoms with Crippen molar-refractivity contribution in [1.82, 2.24) is 0 Å². The Hall–Kier alpha value is -2.36. The molecule has 0 aliphatic heterocycles. The summed E-state index contributed by atoms with van der Waals surface area (Å²) >= 11 is 0. The van der Waals surface area contributed by atoms with Gasteiger partial charge in [0.15, 0.2) is 0 Å². The minimum atomic E-state index is 0.378. The molecule has 2 aromatic carbocycles. The van der Waals surface area contributed by atoms with Crippen molar-refractivity contribution in [2.24, 2.45) is 0 Å². The van der Waals surface area contributed by atoms with Gasteiger partial charge in [0, 0.05) is 6.42 Å². The maximum Gasteiger partial charge on any atom is 0.0805 e. The zero-order valence-electron chi connectivity index (χ0n) is 11.3. The van der Waals surface area contributed by atoms with E-state index in [0.29, 0.717) is 29.2 Å². The van der Waals surface area contributed by atoms with Crippen LogP contribution in [0.15, 0.2) is 24.3 Å². The summed E-state index contributed by atoms with van der Waals surface area (Å²) in [5.74, 6) is 0. The minimum absolute atomic E-state index is 0.378. The zero-order valence-corrected chi connectivity index (χ0v) is 11.3. The Bertz CT molecular complexity index is 603. The van der Waals surface area contributed by atoms with Crippen LogP contribution in [0.3, 0.4) is 0 Å². The quantitative estimate of drug-likeness (QED) is 0.618. The van der Waals surface area contributed by atoms with Crippen molar-refractivity contribution in [3.63, 3.8) is 0 Å². The predicted octanol–water partition coefficient (Wildman–Crippen LogP) is 2.22. The third kappa shape index (κ3) is 2.17. The third-order valence-corrected chi connectivity index (χ3v) is 3.68. The van der Waals surface area contributed by atoms with Crippen molar-refractivity contribution in [2.45, 2.75) is 20.3 Å². The number of anilines is 4. The molecule has 0 atom stereocenters. The highest BCUT2D eigenvalue weighted by molar-refractivity contribution is 5.90. The first-order valence-electron chi connectivity index (χ1n) is 6.19. The molecule has 0 spiro atoms. The second-order valence-corrected chi connectivity index (χ2v) is 4.86. The van der Waals surface area contributed by atoms with Crippen LogP contribution in [0.1, 0.15) is 22.3 Å². The summed E-state index contributed by atoms with van der Waals surface area (Å²) in [6.07, 6.45) is 0.707. The fraction of sp³-hybridized carbons (Fsp3) is 0.200. The SMILES string of the molecule is Cc1ccccc1Cc1c(C)c(N)c(N)c(N)c1N. The van der Waals surface area contributed by atoms with Crippen LogP contribution in [-0.4, -0.2) is 0 Å². The van der Waals surface area contributed by atoms with Gasteiger partial charge in [-0.15, -0.1) is 0 Å². The molecule has 0 fully saturated rings. The van der Waals surface area contributed by atoms with Crippen LogP contribution in [0.25, 0.3) is 0 Å². The van der Waals surface area contributed by atoms with Crippen molar-refractivity contribution in [1.29, 1.82) is 0 Å². The Balaban J connectivity index is 2.56. The van der Waals surface area contributed by atoms with E-state index < -0.39 is 0 Å². The van der Waals surface area contributed by atoms with Crippen LogP contribution >= 0.6 is 0 Å². The second kappa shape index (κ2) is 4.72. The molecule has 100 valence electrons. The van der Waals surface area contributed by atoms with Crippen LogP contribution in [0.4, 0.5) is 22.7 Å². The molecule has 2 rings (SSSR count). The summed E-state index contributed by atoms with van der Waals surface area (Å²) in [5, 5.41) is 0. The highest BCUT2D eigenvalue weighted by Crippen LogP contribution is 2.37. The van der Waals surface area contributed by atoms with Gasteiger partial charge in [0.05, 0.1) is 22.7 Å². The van der Waals surface area contributed by atoms with E-state index >= 15 is 0 Å². The Morgan fingerprint density at radius 3 is 2.00 bits per heavy atom. The topological polar surface area (TPSA) is 104 Å². The van der Waals surface area contributed by atoms with E-state index in [1.54, 1.807) is 0 Å². The minimum Gasteiger partial charge on any atom is -0.397 e. The van der Waals surface area contributed by atoms with E-state index in [-0.39, 0.29) is 0 Å². The largest absolute Gasteiger partial charge is 0.397 e. The third-order valence-electron chi connectivity index (χ3n) is 3.68. The average Bonchev–Trinajstić information content (AvgIpc) is 2.41. The van der Waals surface area contributed by atoms with Gasteiger partial charge in [-0.3, -0.25) is 0 Å². The molecule has 0 bridgehead atoms. The fourth-order valence-electron chi connectivity index (χ4n) is 2.25. The Morgan fingerprint density at radius 2 is 1.37 bits per heavy atom. The van der Waals surface area contributed by atoms with Crippen molar-refractivity contribution in [3.05, 3.63) is 46.5 Å². The average molecular weight is 256 g/mol. The van der Waals surface area contributed by atoms with E-state index in [1.807, 2.05) is 19.1 Å². The second-order valence-electron chi connectivity index (χ2n) is 4.86. The van der Waals surface area contributed by atoms with Gasteiger partial charge in [-0.25, -0.2) is 0 Å². The Morgan fingerprint density at radius 1 is 0.789 bits per heavy atom. The molecule has 0 amide bonds. The van der Waals surface area contributed by atoms with Gasteiger partial charge < -0.3 is 22.9 Å². The number of nitrogens with two attached hydrogens (primary N) is 4. The monoisotopic (exact) mass is 256 g/mol. The summed E-state index contributed by atoms with van der Waals surface area (Å²) in [6, 6.07) is 8.18. The van der Waals surface area contributed by atoms with Gasteiger partial charge in [0.1, 0.15) is 0 Å². The normalized spacial score (nSPS) is 10.6. The molecular formula is C15H20N4. The van der Waals surface area contributed by atoms with E-state index in [1.165, 1.54) is 11.1 Å². The van der Waals surface area contributed by atoms with Crippen molar-refractivity contribution in [2.75, 3.05) is 22.9 Å². The van der Waals surface area contributed by atoms with E-state index in [4.69, 9.17) is 22.9 Å². The number of benzene rings is 2. The lowest BCUT2D eigenvalue weighted by molar-refractivity contribution is 1.14. The van der Waals surface area contributed by atoms with Crippen LogP contribution in [0.2, 0.25) is 0 Å². The lowest BCUT2D eigenvalue weighted by Gasteiger charge is -2.18. The van der Waals surface area contributed by atoms with Gasteiger partial charge in [-0.1, -0.05) is 24.3 Å².